The van der Waals surface area contributed by atoms with Gasteiger partial charge in [-0.05, 0) is 31.4 Å². The fraction of sp³-hybridized carbons (Fsp3) is 0.455. The standard InChI is InChI=1S/C22H21F3N2O3/c1-11(28)15-9-30-10-16-13(15)7-19-20-14(12-5-3-4-6-17(12)26(20)2)8-18(16)27(19)21(29)22(23,24)25/h3-6,9,13,16,18-19H,7-8,10H2,1-2H3. The fourth-order valence-corrected chi connectivity index (χ4v) is 5.77. The van der Waals surface area contributed by atoms with Crippen molar-refractivity contribution in [2.75, 3.05) is 6.61 Å². The van der Waals surface area contributed by atoms with Crippen LogP contribution >= 0.6 is 0 Å². The molecular weight excluding hydrogens is 397 g/mol. The van der Waals surface area contributed by atoms with E-state index in [0.717, 1.165) is 27.1 Å². The van der Waals surface area contributed by atoms with E-state index in [4.69, 9.17) is 4.74 Å². The fourth-order valence-electron chi connectivity index (χ4n) is 5.77. The summed E-state index contributed by atoms with van der Waals surface area (Å²) in [6, 6.07) is 6.29. The molecule has 1 aromatic carbocycles. The molecule has 0 N–H and O–H groups in total. The number of para-hydroxylation sites is 1. The van der Waals surface area contributed by atoms with Gasteiger partial charge in [0.1, 0.15) is 0 Å². The SMILES string of the molecule is CC(=O)C1=COCC2C1CC1c3c(c4ccccc4n3C)CC2N1C(=O)C(F)(F)F. The highest BCUT2D eigenvalue weighted by atomic mass is 19.4. The van der Waals surface area contributed by atoms with Gasteiger partial charge >= 0.3 is 12.1 Å². The number of amides is 1. The van der Waals surface area contributed by atoms with Crippen molar-refractivity contribution in [3.05, 3.63) is 47.4 Å². The van der Waals surface area contributed by atoms with Gasteiger partial charge in [-0.2, -0.15) is 13.2 Å². The summed E-state index contributed by atoms with van der Waals surface area (Å²) in [6.07, 6.45) is -2.93. The van der Waals surface area contributed by atoms with Crippen molar-refractivity contribution in [3.63, 3.8) is 0 Å². The molecule has 4 unspecified atom stereocenters. The quantitative estimate of drug-likeness (QED) is 0.710. The van der Waals surface area contributed by atoms with Crippen molar-refractivity contribution in [2.24, 2.45) is 18.9 Å². The van der Waals surface area contributed by atoms with Crippen LogP contribution in [0.15, 0.2) is 36.1 Å². The summed E-state index contributed by atoms with van der Waals surface area (Å²) < 4.78 is 48.1. The lowest BCUT2D eigenvalue weighted by molar-refractivity contribution is -0.198. The Bertz CT molecular complexity index is 1100. The molecule has 5 nitrogen and oxygen atoms in total. The van der Waals surface area contributed by atoms with Gasteiger partial charge < -0.3 is 14.2 Å². The highest BCUT2D eigenvalue weighted by Gasteiger charge is 2.57. The highest BCUT2D eigenvalue weighted by molar-refractivity contribution is 5.94. The summed E-state index contributed by atoms with van der Waals surface area (Å²) in [5.41, 5.74) is 3.16. The van der Waals surface area contributed by atoms with E-state index in [-0.39, 0.29) is 30.6 Å². The van der Waals surface area contributed by atoms with Gasteiger partial charge in [-0.15, -0.1) is 0 Å². The van der Waals surface area contributed by atoms with Gasteiger partial charge in [0.15, 0.2) is 5.78 Å². The Morgan fingerprint density at radius 3 is 2.63 bits per heavy atom. The molecule has 5 rings (SSSR count). The Labute approximate surface area is 171 Å². The molecule has 0 spiro atoms. The van der Waals surface area contributed by atoms with Gasteiger partial charge in [0, 0.05) is 47.1 Å². The predicted molar refractivity (Wildman–Crippen MR) is 102 cm³/mol. The number of hydrogen-bond acceptors (Lipinski definition) is 3. The van der Waals surface area contributed by atoms with Crippen molar-refractivity contribution in [3.8, 4) is 0 Å². The topological polar surface area (TPSA) is 51.5 Å². The molecule has 2 bridgehead atoms. The van der Waals surface area contributed by atoms with Crippen LogP contribution in [0.1, 0.15) is 30.6 Å². The molecule has 3 aliphatic rings. The molecule has 0 saturated carbocycles. The van der Waals surface area contributed by atoms with Crippen LogP contribution in [-0.2, 0) is 27.8 Å². The largest absolute Gasteiger partial charge is 0.500 e. The first-order chi connectivity index (χ1) is 14.2. The molecule has 0 radical (unpaired) electrons. The Morgan fingerprint density at radius 2 is 1.93 bits per heavy atom. The summed E-state index contributed by atoms with van der Waals surface area (Å²) in [5.74, 6) is -2.54. The van der Waals surface area contributed by atoms with Crippen LogP contribution < -0.4 is 0 Å². The Morgan fingerprint density at radius 1 is 1.20 bits per heavy atom. The molecule has 30 heavy (non-hydrogen) atoms. The zero-order valence-electron chi connectivity index (χ0n) is 16.6. The highest BCUT2D eigenvalue weighted by Crippen LogP contribution is 2.52. The van der Waals surface area contributed by atoms with Crippen LogP contribution in [0.25, 0.3) is 10.9 Å². The lowest BCUT2D eigenvalue weighted by Gasteiger charge is -2.54. The van der Waals surface area contributed by atoms with Crippen molar-refractivity contribution in [1.82, 2.24) is 9.47 Å². The zero-order valence-corrected chi connectivity index (χ0v) is 16.6. The molecule has 3 aliphatic heterocycles. The number of alkyl halides is 3. The number of halogens is 3. The first-order valence-electron chi connectivity index (χ1n) is 9.98. The maximum Gasteiger partial charge on any atom is 0.471 e. The zero-order chi connectivity index (χ0) is 21.4. The van der Waals surface area contributed by atoms with E-state index < -0.39 is 24.2 Å². The molecule has 1 amide bonds. The van der Waals surface area contributed by atoms with Gasteiger partial charge in [-0.1, -0.05) is 18.2 Å². The normalized spacial score (nSPS) is 27.8. The van der Waals surface area contributed by atoms with Crippen LogP contribution in [0.3, 0.4) is 0 Å². The number of ether oxygens (including phenoxy) is 1. The van der Waals surface area contributed by atoms with E-state index in [1.807, 2.05) is 35.9 Å². The van der Waals surface area contributed by atoms with Crippen LogP contribution in [0, 0.1) is 11.8 Å². The molecule has 1 saturated heterocycles. The summed E-state index contributed by atoms with van der Waals surface area (Å²) in [5, 5.41) is 1.00. The molecule has 4 heterocycles. The number of Topliss-reactive ketones (excluding diaryl/α,β-unsaturated/α-hetero) is 1. The number of aromatic nitrogens is 1. The average molecular weight is 418 g/mol. The third kappa shape index (κ3) is 2.55. The number of allylic oxidation sites excluding steroid dienone is 1. The molecule has 1 fully saturated rings. The van der Waals surface area contributed by atoms with Crippen LogP contribution in [0.5, 0.6) is 0 Å². The number of ketones is 1. The van der Waals surface area contributed by atoms with Crippen molar-refractivity contribution in [2.45, 2.75) is 38.0 Å². The maximum absolute atomic E-state index is 13.6. The van der Waals surface area contributed by atoms with Crippen LogP contribution in [-0.4, -0.2) is 40.0 Å². The second kappa shape index (κ2) is 6.36. The van der Waals surface area contributed by atoms with Gasteiger partial charge in [-0.25, -0.2) is 0 Å². The average Bonchev–Trinajstić information content (AvgIpc) is 2.98. The molecule has 4 atom stereocenters. The summed E-state index contributed by atoms with van der Waals surface area (Å²) in [4.78, 5) is 25.7. The van der Waals surface area contributed by atoms with Crippen molar-refractivity contribution in [1.29, 1.82) is 0 Å². The molecule has 2 aromatic rings. The second-order valence-electron chi connectivity index (χ2n) is 8.41. The third-order valence-corrected chi connectivity index (χ3v) is 6.95. The molecule has 1 aromatic heterocycles. The van der Waals surface area contributed by atoms with E-state index >= 15 is 0 Å². The summed E-state index contributed by atoms with van der Waals surface area (Å²) in [7, 11) is 1.83. The molecule has 0 aliphatic carbocycles. The van der Waals surface area contributed by atoms with E-state index in [9.17, 15) is 22.8 Å². The monoisotopic (exact) mass is 418 g/mol. The van der Waals surface area contributed by atoms with Gasteiger partial charge in [0.25, 0.3) is 0 Å². The number of benzene rings is 1. The first kappa shape index (κ1) is 19.2. The van der Waals surface area contributed by atoms with Gasteiger partial charge in [0.2, 0.25) is 0 Å². The minimum Gasteiger partial charge on any atom is -0.500 e. The summed E-state index contributed by atoms with van der Waals surface area (Å²) >= 11 is 0. The lowest BCUT2D eigenvalue weighted by atomic mass is 9.67. The van der Waals surface area contributed by atoms with E-state index in [0.29, 0.717) is 12.0 Å². The third-order valence-electron chi connectivity index (χ3n) is 6.95. The predicted octanol–water partition coefficient (Wildman–Crippen LogP) is 3.67. The van der Waals surface area contributed by atoms with E-state index in [2.05, 4.69) is 0 Å². The Balaban J connectivity index is 1.72. The minimum atomic E-state index is -4.96. The first-order valence-corrected chi connectivity index (χ1v) is 9.98. The lowest BCUT2D eigenvalue weighted by Crippen LogP contribution is -2.61. The van der Waals surface area contributed by atoms with Crippen LogP contribution in [0.2, 0.25) is 0 Å². The maximum atomic E-state index is 13.6. The number of carbonyl (C=O) groups excluding carboxylic acids is 2. The van der Waals surface area contributed by atoms with E-state index in [1.54, 1.807) is 0 Å². The molecule has 158 valence electrons. The van der Waals surface area contributed by atoms with E-state index in [1.165, 1.54) is 13.2 Å². The Kier molecular flexibility index (Phi) is 4.07. The van der Waals surface area contributed by atoms with Crippen LogP contribution in [0.4, 0.5) is 13.2 Å². The smallest absolute Gasteiger partial charge is 0.471 e. The number of nitrogens with zero attached hydrogens (tertiary/aromatic N) is 2. The van der Waals surface area contributed by atoms with Crippen molar-refractivity contribution < 1.29 is 27.5 Å². The van der Waals surface area contributed by atoms with Crippen molar-refractivity contribution >= 4 is 22.6 Å². The number of piperidine rings is 1. The number of carbonyl (C=O) groups is 2. The number of aryl methyl sites for hydroxylation is 1. The van der Waals surface area contributed by atoms with Gasteiger partial charge in [0.05, 0.1) is 18.9 Å². The van der Waals surface area contributed by atoms with Gasteiger partial charge in [-0.3, -0.25) is 9.59 Å². The number of hydrogen-bond donors (Lipinski definition) is 0. The minimum absolute atomic E-state index is 0.143. The number of fused-ring (bicyclic) bond motifs is 8. The molecular formula is C22H21F3N2O3. The second-order valence-corrected chi connectivity index (χ2v) is 8.41. The molecule has 8 heteroatoms. The summed E-state index contributed by atoms with van der Waals surface area (Å²) in [6.45, 7) is 1.64. The number of rotatable bonds is 1. The Hall–Kier alpha value is -2.77.